The summed E-state index contributed by atoms with van der Waals surface area (Å²) in [7, 11) is 0. The van der Waals surface area contributed by atoms with Crippen molar-refractivity contribution in [1.82, 2.24) is 9.97 Å². The summed E-state index contributed by atoms with van der Waals surface area (Å²) in [6.45, 7) is 0. The molecular weight excluding hydrogens is 322 g/mol. The van der Waals surface area contributed by atoms with Gasteiger partial charge >= 0.3 is 0 Å². The summed E-state index contributed by atoms with van der Waals surface area (Å²) in [6.07, 6.45) is 2.54. The van der Waals surface area contributed by atoms with Crippen molar-refractivity contribution >= 4 is 38.3 Å². The van der Waals surface area contributed by atoms with Crippen LogP contribution in [0, 0.1) is 0 Å². The van der Waals surface area contributed by atoms with Gasteiger partial charge in [0.2, 0.25) is 0 Å². The average molecular weight is 334 g/mol. The Morgan fingerprint density at radius 3 is 2.74 bits per heavy atom. The predicted molar refractivity (Wildman–Crippen MR) is 82.2 cm³/mol. The van der Waals surface area contributed by atoms with Crippen molar-refractivity contribution < 1.29 is 0 Å². The van der Waals surface area contributed by atoms with E-state index in [1.54, 1.807) is 17.5 Å². The minimum Gasteiger partial charge on any atom is -0.322 e. The zero-order chi connectivity index (χ0) is 13.2. The molecule has 1 atom stereocenters. The number of fused-ring (bicyclic) bond motifs is 1. The van der Waals surface area contributed by atoms with E-state index in [2.05, 4.69) is 31.3 Å². The second-order valence-corrected chi connectivity index (χ2v) is 6.14. The zero-order valence-corrected chi connectivity index (χ0v) is 12.5. The van der Waals surface area contributed by atoms with Crippen molar-refractivity contribution in [2.45, 2.75) is 12.5 Å². The Morgan fingerprint density at radius 1 is 1.21 bits per heavy atom. The number of para-hydroxylation sites is 2. The number of rotatable bonds is 3. The molecule has 1 unspecified atom stereocenters. The fraction of sp³-hybridized carbons (Fsp3) is 0.143. The van der Waals surface area contributed by atoms with Crippen molar-refractivity contribution in [3.05, 3.63) is 57.0 Å². The van der Waals surface area contributed by atoms with Gasteiger partial charge in [-0.3, -0.25) is 4.98 Å². The lowest BCUT2D eigenvalue weighted by Crippen LogP contribution is -2.15. The first-order valence-corrected chi connectivity index (χ1v) is 7.60. The minimum atomic E-state index is -0.132. The Morgan fingerprint density at radius 2 is 2.00 bits per heavy atom. The fourth-order valence-electron chi connectivity index (χ4n) is 1.93. The molecule has 0 aliphatic rings. The molecule has 3 nitrogen and oxygen atoms in total. The quantitative estimate of drug-likeness (QED) is 0.795. The van der Waals surface area contributed by atoms with Crippen LogP contribution in [0.4, 0.5) is 0 Å². The topological polar surface area (TPSA) is 51.8 Å². The highest BCUT2D eigenvalue weighted by atomic mass is 79.9. The van der Waals surface area contributed by atoms with E-state index in [1.807, 2.05) is 30.3 Å². The lowest BCUT2D eigenvalue weighted by molar-refractivity contribution is 0.702. The van der Waals surface area contributed by atoms with E-state index in [0.29, 0.717) is 0 Å². The Kier molecular flexibility index (Phi) is 3.59. The highest BCUT2D eigenvalue weighted by Gasteiger charge is 2.12. The summed E-state index contributed by atoms with van der Waals surface area (Å²) in [5, 5.41) is 2.05. The molecule has 2 aromatic heterocycles. The molecule has 0 aliphatic heterocycles. The van der Waals surface area contributed by atoms with E-state index in [9.17, 15) is 0 Å². The van der Waals surface area contributed by atoms with E-state index < -0.39 is 0 Å². The van der Waals surface area contributed by atoms with Gasteiger partial charge in [-0.1, -0.05) is 12.1 Å². The van der Waals surface area contributed by atoms with Crippen molar-refractivity contribution in [2.75, 3.05) is 0 Å². The molecule has 1 aromatic carbocycles. The highest BCUT2D eigenvalue weighted by molar-refractivity contribution is 9.10. The van der Waals surface area contributed by atoms with Crippen LogP contribution in [0.1, 0.15) is 16.6 Å². The standard InChI is InChI=1S/C14H12BrN3S/c15-9-5-6-19-14(9)7-10(16)13-8-17-11-3-1-2-4-12(11)18-13/h1-6,8,10H,7,16H2. The zero-order valence-electron chi connectivity index (χ0n) is 10.1. The normalized spacial score (nSPS) is 12.7. The molecule has 0 saturated heterocycles. The molecule has 2 N–H and O–H groups in total. The van der Waals surface area contributed by atoms with Crippen LogP contribution in [0.3, 0.4) is 0 Å². The lowest BCUT2D eigenvalue weighted by Gasteiger charge is -2.10. The van der Waals surface area contributed by atoms with E-state index in [0.717, 1.165) is 27.6 Å². The van der Waals surface area contributed by atoms with Gasteiger partial charge in [0.25, 0.3) is 0 Å². The summed E-state index contributed by atoms with van der Waals surface area (Å²) in [4.78, 5) is 10.2. The molecule has 2 heterocycles. The minimum absolute atomic E-state index is 0.132. The summed E-state index contributed by atoms with van der Waals surface area (Å²) in [6, 6.07) is 9.74. The molecule has 0 spiro atoms. The molecule has 0 amide bonds. The van der Waals surface area contributed by atoms with Crippen LogP contribution >= 0.6 is 27.3 Å². The van der Waals surface area contributed by atoms with Crippen LogP contribution in [-0.4, -0.2) is 9.97 Å². The van der Waals surface area contributed by atoms with Crippen LogP contribution in [0.25, 0.3) is 11.0 Å². The number of halogens is 1. The van der Waals surface area contributed by atoms with Gasteiger partial charge in [0.15, 0.2) is 0 Å². The third-order valence-electron chi connectivity index (χ3n) is 2.94. The van der Waals surface area contributed by atoms with Crippen molar-refractivity contribution in [2.24, 2.45) is 5.73 Å². The summed E-state index contributed by atoms with van der Waals surface area (Å²) < 4.78 is 1.11. The van der Waals surface area contributed by atoms with Gasteiger partial charge in [0.05, 0.1) is 29.0 Å². The van der Waals surface area contributed by atoms with Gasteiger partial charge < -0.3 is 5.73 Å². The second-order valence-electron chi connectivity index (χ2n) is 4.29. The Hall–Kier alpha value is -1.30. The monoisotopic (exact) mass is 333 g/mol. The van der Waals surface area contributed by atoms with Crippen LogP contribution in [-0.2, 0) is 6.42 Å². The molecular formula is C14H12BrN3S. The van der Waals surface area contributed by atoms with Crippen molar-refractivity contribution in [3.63, 3.8) is 0 Å². The molecule has 96 valence electrons. The molecule has 0 saturated carbocycles. The van der Waals surface area contributed by atoms with E-state index >= 15 is 0 Å². The maximum Gasteiger partial charge on any atom is 0.0890 e. The maximum atomic E-state index is 6.23. The third kappa shape index (κ3) is 2.68. The highest BCUT2D eigenvalue weighted by Crippen LogP contribution is 2.27. The number of hydrogen-bond donors (Lipinski definition) is 1. The molecule has 3 aromatic rings. The summed E-state index contributed by atoms with van der Waals surface area (Å²) in [5.41, 5.74) is 8.85. The molecule has 0 bridgehead atoms. The number of nitrogens with zero attached hydrogens (tertiary/aromatic N) is 2. The Labute approximate surface area is 123 Å². The number of aromatic nitrogens is 2. The lowest BCUT2D eigenvalue weighted by atomic mass is 10.1. The average Bonchev–Trinajstić information content (AvgIpc) is 2.84. The number of nitrogens with two attached hydrogens (primary N) is 1. The molecule has 0 fully saturated rings. The fourth-order valence-corrected chi connectivity index (χ4v) is 3.50. The van der Waals surface area contributed by atoms with Gasteiger partial charge in [-0.05, 0) is 39.5 Å². The van der Waals surface area contributed by atoms with Gasteiger partial charge in [0, 0.05) is 15.8 Å². The van der Waals surface area contributed by atoms with E-state index in [1.165, 1.54) is 4.88 Å². The number of benzene rings is 1. The Balaban J connectivity index is 1.89. The van der Waals surface area contributed by atoms with E-state index in [-0.39, 0.29) is 6.04 Å². The van der Waals surface area contributed by atoms with Gasteiger partial charge in [0.1, 0.15) is 0 Å². The van der Waals surface area contributed by atoms with Crippen LogP contribution in [0.5, 0.6) is 0 Å². The van der Waals surface area contributed by atoms with Gasteiger partial charge in [-0.25, -0.2) is 4.98 Å². The maximum absolute atomic E-state index is 6.23. The molecule has 19 heavy (non-hydrogen) atoms. The first-order valence-electron chi connectivity index (χ1n) is 5.93. The number of hydrogen-bond acceptors (Lipinski definition) is 4. The Bertz CT molecular complexity index is 710. The molecule has 5 heteroatoms. The van der Waals surface area contributed by atoms with Crippen LogP contribution in [0.15, 0.2) is 46.4 Å². The summed E-state index contributed by atoms with van der Waals surface area (Å²) in [5.74, 6) is 0. The predicted octanol–water partition coefficient (Wildman–Crippen LogP) is 3.70. The second kappa shape index (κ2) is 5.36. The van der Waals surface area contributed by atoms with Gasteiger partial charge in [-0.2, -0.15) is 0 Å². The van der Waals surface area contributed by atoms with E-state index in [4.69, 9.17) is 5.73 Å². The van der Waals surface area contributed by atoms with Crippen molar-refractivity contribution in [3.8, 4) is 0 Å². The van der Waals surface area contributed by atoms with Gasteiger partial charge in [-0.15, -0.1) is 11.3 Å². The molecule has 3 rings (SSSR count). The van der Waals surface area contributed by atoms with Crippen LogP contribution in [0.2, 0.25) is 0 Å². The summed E-state index contributed by atoms with van der Waals surface area (Å²) >= 11 is 5.23. The third-order valence-corrected chi connectivity index (χ3v) is 4.89. The molecule has 0 aliphatic carbocycles. The smallest absolute Gasteiger partial charge is 0.0890 e. The SMILES string of the molecule is NC(Cc1sccc1Br)c1cnc2ccccc2n1. The largest absolute Gasteiger partial charge is 0.322 e. The first kappa shape index (κ1) is 12.7. The molecule has 0 radical (unpaired) electrons. The first-order chi connectivity index (χ1) is 9.24. The van der Waals surface area contributed by atoms with Crippen molar-refractivity contribution in [1.29, 1.82) is 0 Å². The van der Waals surface area contributed by atoms with Crippen LogP contribution < -0.4 is 5.73 Å². The number of thiophene rings is 1.